The van der Waals surface area contributed by atoms with Crippen LogP contribution in [0, 0.1) is 3.57 Å². The minimum absolute atomic E-state index is 0.0618. The molecule has 0 aromatic heterocycles. The summed E-state index contributed by atoms with van der Waals surface area (Å²) in [5.74, 6) is -0.392. The van der Waals surface area contributed by atoms with Crippen LogP contribution < -0.4 is 5.32 Å². The summed E-state index contributed by atoms with van der Waals surface area (Å²) in [5, 5.41) is 2.88. The fourth-order valence-corrected chi connectivity index (χ4v) is 4.78. The summed E-state index contributed by atoms with van der Waals surface area (Å²) in [6, 6.07) is 11.6. The van der Waals surface area contributed by atoms with Crippen LogP contribution in [0.3, 0.4) is 0 Å². The topological polar surface area (TPSA) is 66.5 Å². The molecule has 0 aliphatic rings. The maximum Gasteiger partial charge on any atom is 0.255 e. The number of para-hydroxylation sites is 1. The molecule has 1 N–H and O–H groups in total. The van der Waals surface area contributed by atoms with E-state index in [0.717, 1.165) is 3.57 Å². The van der Waals surface area contributed by atoms with Gasteiger partial charge in [-0.05, 0) is 52.9 Å². The lowest BCUT2D eigenvalue weighted by Crippen LogP contribution is -2.31. The van der Waals surface area contributed by atoms with Crippen LogP contribution in [0.1, 0.15) is 24.2 Å². The van der Waals surface area contributed by atoms with Gasteiger partial charge in [0.1, 0.15) is 4.90 Å². The molecule has 0 bridgehead atoms. The van der Waals surface area contributed by atoms with Crippen LogP contribution in [0.2, 0.25) is 5.02 Å². The molecule has 0 saturated heterocycles. The Morgan fingerprint density at radius 1 is 1.16 bits per heavy atom. The molecule has 2 aromatic carbocycles. The molecule has 0 radical (unpaired) electrons. The largest absolute Gasteiger partial charge is 0.321 e. The predicted molar refractivity (Wildman–Crippen MR) is 109 cm³/mol. The van der Waals surface area contributed by atoms with Gasteiger partial charge in [-0.25, -0.2) is 8.42 Å². The lowest BCUT2D eigenvalue weighted by atomic mass is 10.2. The third-order valence-corrected chi connectivity index (χ3v) is 7.11. The number of sulfonamides is 1. The Bertz CT molecular complexity index is 883. The molecule has 0 heterocycles. The molecular weight excluding hydrogens is 475 g/mol. The van der Waals surface area contributed by atoms with Crippen LogP contribution in [0.25, 0.3) is 0 Å². The number of anilines is 1. The van der Waals surface area contributed by atoms with Gasteiger partial charge in [0, 0.05) is 22.2 Å². The number of nitrogens with one attached hydrogen (secondary N) is 1. The number of hydrogen-bond acceptors (Lipinski definition) is 3. The first-order chi connectivity index (χ1) is 11.8. The van der Waals surface area contributed by atoms with Gasteiger partial charge in [0.15, 0.2) is 0 Å². The number of hydrogen-bond donors (Lipinski definition) is 1. The third kappa shape index (κ3) is 4.52. The Labute approximate surface area is 166 Å². The lowest BCUT2D eigenvalue weighted by Gasteiger charge is -2.19. The Morgan fingerprint density at radius 2 is 1.80 bits per heavy atom. The summed E-state index contributed by atoms with van der Waals surface area (Å²) in [5.41, 5.74) is 0.894. The minimum Gasteiger partial charge on any atom is -0.321 e. The minimum atomic E-state index is -3.75. The molecule has 0 atom stereocenters. The van der Waals surface area contributed by atoms with Crippen molar-refractivity contribution >= 4 is 55.8 Å². The monoisotopic (exact) mass is 492 g/mol. The highest BCUT2D eigenvalue weighted by atomic mass is 127. The van der Waals surface area contributed by atoms with Crippen LogP contribution in [0.4, 0.5) is 5.69 Å². The number of carbonyl (C=O) groups excluding carboxylic acids is 1. The molecule has 0 saturated carbocycles. The van der Waals surface area contributed by atoms with E-state index in [-0.39, 0.29) is 15.5 Å². The summed E-state index contributed by atoms with van der Waals surface area (Å²) >= 11 is 8.21. The number of amides is 1. The molecule has 0 spiro atoms. The average molecular weight is 493 g/mol. The van der Waals surface area contributed by atoms with E-state index in [1.807, 2.05) is 18.2 Å². The Morgan fingerprint density at radius 3 is 2.40 bits per heavy atom. The van der Waals surface area contributed by atoms with Crippen molar-refractivity contribution in [2.24, 2.45) is 0 Å². The highest BCUT2D eigenvalue weighted by Crippen LogP contribution is 2.26. The van der Waals surface area contributed by atoms with Gasteiger partial charge in [-0.15, -0.1) is 0 Å². The third-order valence-electron chi connectivity index (χ3n) is 3.64. The molecule has 2 rings (SSSR count). The number of rotatable bonds is 6. The van der Waals surface area contributed by atoms with E-state index in [1.54, 1.807) is 19.9 Å². The molecule has 0 fully saturated rings. The van der Waals surface area contributed by atoms with Crippen molar-refractivity contribution in [1.29, 1.82) is 0 Å². The van der Waals surface area contributed by atoms with Crippen molar-refractivity contribution in [1.82, 2.24) is 4.31 Å². The second-order valence-electron chi connectivity index (χ2n) is 5.17. The Kier molecular flexibility index (Phi) is 6.84. The summed E-state index contributed by atoms with van der Waals surface area (Å²) in [7, 11) is -3.75. The standard InChI is InChI=1S/C17H18ClIN2O3S/c1-3-21(4-2)25(23,24)16-11-12(9-10-13(16)18)17(22)20-15-8-6-5-7-14(15)19/h5-11H,3-4H2,1-2H3,(H,20,22). The van der Waals surface area contributed by atoms with Gasteiger partial charge in [0.25, 0.3) is 5.91 Å². The van der Waals surface area contributed by atoms with Crippen LogP contribution in [-0.4, -0.2) is 31.7 Å². The zero-order valence-corrected chi connectivity index (χ0v) is 17.5. The normalized spacial score (nSPS) is 11.6. The van der Waals surface area contributed by atoms with E-state index in [0.29, 0.717) is 18.8 Å². The van der Waals surface area contributed by atoms with Crippen molar-refractivity contribution < 1.29 is 13.2 Å². The molecular formula is C17H18ClIN2O3S. The van der Waals surface area contributed by atoms with E-state index in [1.165, 1.54) is 22.5 Å². The zero-order chi connectivity index (χ0) is 18.6. The second kappa shape index (κ2) is 8.48. The summed E-state index contributed by atoms with van der Waals surface area (Å²) < 4.78 is 27.6. The molecule has 2 aromatic rings. The smallest absolute Gasteiger partial charge is 0.255 e. The van der Waals surface area contributed by atoms with Crippen LogP contribution >= 0.6 is 34.2 Å². The summed E-state index contributed by atoms with van der Waals surface area (Å²) in [4.78, 5) is 12.4. The summed E-state index contributed by atoms with van der Waals surface area (Å²) in [6.45, 7) is 4.16. The van der Waals surface area contributed by atoms with Crippen LogP contribution in [0.15, 0.2) is 47.4 Å². The number of carbonyl (C=O) groups is 1. The zero-order valence-electron chi connectivity index (χ0n) is 13.8. The van der Waals surface area contributed by atoms with E-state index >= 15 is 0 Å². The second-order valence-corrected chi connectivity index (χ2v) is 8.64. The van der Waals surface area contributed by atoms with Gasteiger partial charge in [-0.1, -0.05) is 37.6 Å². The molecule has 5 nitrogen and oxygen atoms in total. The van der Waals surface area contributed by atoms with Crippen LogP contribution in [-0.2, 0) is 10.0 Å². The Hall–Kier alpha value is -1.16. The molecule has 1 amide bonds. The first-order valence-corrected chi connectivity index (χ1v) is 10.6. The molecule has 0 unspecified atom stereocenters. The van der Waals surface area contributed by atoms with Gasteiger partial charge >= 0.3 is 0 Å². The van der Waals surface area contributed by atoms with Gasteiger partial charge in [-0.2, -0.15) is 4.31 Å². The maximum atomic E-state index is 12.7. The molecule has 0 aliphatic heterocycles. The maximum absolute atomic E-state index is 12.7. The lowest BCUT2D eigenvalue weighted by molar-refractivity contribution is 0.102. The van der Waals surface area contributed by atoms with Gasteiger partial charge in [-0.3, -0.25) is 4.79 Å². The fourth-order valence-electron chi connectivity index (χ4n) is 2.30. The van der Waals surface area contributed by atoms with Crippen LogP contribution in [0.5, 0.6) is 0 Å². The average Bonchev–Trinajstić information content (AvgIpc) is 2.58. The number of benzene rings is 2. The molecule has 0 aliphatic carbocycles. The molecule has 25 heavy (non-hydrogen) atoms. The SMILES string of the molecule is CCN(CC)S(=O)(=O)c1cc(C(=O)Nc2ccccc2I)ccc1Cl. The highest BCUT2D eigenvalue weighted by molar-refractivity contribution is 14.1. The first-order valence-electron chi connectivity index (χ1n) is 7.66. The van der Waals surface area contributed by atoms with Gasteiger partial charge in [0.05, 0.1) is 10.7 Å². The van der Waals surface area contributed by atoms with Crippen molar-refractivity contribution in [3.05, 3.63) is 56.6 Å². The first kappa shape index (κ1) is 20.2. The van der Waals surface area contributed by atoms with Crippen molar-refractivity contribution in [3.8, 4) is 0 Å². The quantitative estimate of drug-likeness (QED) is 0.614. The number of halogens is 2. The predicted octanol–water partition coefficient (Wildman–Crippen LogP) is 4.23. The summed E-state index contributed by atoms with van der Waals surface area (Å²) in [6.07, 6.45) is 0. The molecule has 134 valence electrons. The fraction of sp³-hybridized carbons (Fsp3) is 0.235. The van der Waals surface area contributed by atoms with Crippen molar-refractivity contribution in [2.45, 2.75) is 18.7 Å². The van der Waals surface area contributed by atoms with Gasteiger partial charge in [0.2, 0.25) is 10.0 Å². The Balaban J connectivity index is 2.39. The molecule has 8 heteroatoms. The van der Waals surface area contributed by atoms with Crippen molar-refractivity contribution in [3.63, 3.8) is 0 Å². The number of nitrogens with zero attached hydrogens (tertiary/aromatic N) is 1. The van der Waals surface area contributed by atoms with Gasteiger partial charge < -0.3 is 5.32 Å². The van der Waals surface area contributed by atoms with E-state index in [9.17, 15) is 13.2 Å². The van der Waals surface area contributed by atoms with E-state index in [4.69, 9.17) is 11.6 Å². The highest BCUT2D eigenvalue weighted by Gasteiger charge is 2.25. The van der Waals surface area contributed by atoms with E-state index in [2.05, 4.69) is 27.9 Å². The van der Waals surface area contributed by atoms with Crippen molar-refractivity contribution in [2.75, 3.05) is 18.4 Å². The van der Waals surface area contributed by atoms with E-state index < -0.39 is 15.9 Å².